The Morgan fingerprint density at radius 3 is 2.23 bits per heavy atom. The van der Waals surface area contributed by atoms with Crippen LogP contribution in [-0.4, -0.2) is 30.6 Å². The molecule has 4 heteroatoms. The molecule has 5 aliphatic carbocycles. The maximum atomic E-state index is 13.4. The number of methoxy groups -OCH3 is 1. The van der Waals surface area contributed by atoms with Crippen molar-refractivity contribution < 1.29 is 19.4 Å². The van der Waals surface area contributed by atoms with Crippen molar-refractivity contribution in [2.45, 2.75) is 99.0 Å². The summed E-state index contributed by atoms with van der Waals surface area (Å²) in [5.74, 6) is 1.57. The van der Waals surface area contributed by atoms with Gasteiger partial charge in [0.15, 0.2) is 0 Å². The smallest absolute Gasteiger partial charge is 0.312 e. The molecule has 0 spiro atoms. The van der Waals surface area contributed by atoms with Crippen molar-refractivity contribution in [1.29, 1.82) is 0 Å². The normalized spacial score (nSPS) is 54.1. The highest BCUT2D eigenvalue weighted by Crippen LogP contribution is 2.78. The van der Waals surface area contributed by atoms with Crippen molar-refractivity contribution in [3.05, 3.63) is 12.2 Å². The van der Waals surface area contributed by atoms with Crippen LogP contribution >= 0.6 is 0 Å². The van der Waals surface area contributed by atoms with E-state index >= 15 is 0 Å². The van der Waals surface area contributed by atoms with E-state index in [2.05, 4.69) is 48.1 Å². The number of aldehydes is 1. The summed E-state index contributed by atoms with van der Waals surface area (Å²) in [4.78, 5) is 25.9. The molecule has 1 N–H and O–H groups in total. The van der Waals surface area contributed by atoms with E-state index in [1.165, 1.54) is 5.57 Å². The van der Waals surface area contributed by atoms with Crippen LogP contribution in [0.3, 0.4) is 0 Å². The zero-order valence-electron chi connectivity index (χ0n) is 23.2. The number of aliphatic hydroxyl groups is 1. The molecule has 35 heavy (non-hydrogen) atoms. The van der Waals surface area contributed by atoms with Gasteiger partial charge in [0, 0.05) is 5.92 Å². The Labute approximate surface area is 212 Å². The molecule has 4 nitrogen and oxygen atoms in total. The third-order valence-corrected chi connectivity index (χ3v) is 13.7. The highest BCUT2D eigenvalue weighted by atomic mass is 16.5. The number of fused-ring (bicyclic) bond motifs is 7. The van der Waals surface area contributed by atoms with Crippen LogP contribution in [0, 0.1) is 62.6 Å². The van der Waals surface area contributed by atoms with Gasteiger partial charge in [-0.1, -0.05) is 46.8 Å². The topological polar surface area (TPSA) is 63.6 Å². The summed E-state index contributed by atoms with van der Waals surface area (Å²) in [7, 11) is 1.56. The molecular weight excluding hydrogens is 436 g/mol. The Bertz CT molecular complexity index is 938. The Morgan fingerprint density at radius 2 is 1.63 bits per heavy atom. The standard InChI is InChI=1S/C31H48O4/c1-18(2)19-11-14-31(26(34)35-8)16-15-28(5)20(24(19)31)9-10-23-29(28,6)13-12-22-27(3,4)25(33)21(17-32)30(22,23)7/h17,19-25,33H,1,9-16H2,2-8H3/t19-,20+,21?,22-,23-,24+,25?,28+,29+,30-,31-/m0/s1. The van der Waals surface area contributed by atoms with Crippen LogP contribution in [0.25, 0.3) is 0 Å². The molecule has 11 atom stereocenters. The third kappa shape index (κ3) is 2.79. The second kappa shape index (κ2) is 7.68. The first-order valence-corrected chi connectivity index (χ1v) is 14.1. The molecule has 5 aliphatic rings. The average molecular weight is 485 g/mol. The Hall–Kier alpha value is -1.16. The van der Waals surface area contributed by atoms with Crippen molar-refractivity contribution in [3.63, 3.8) is 0 Å². The van der Waals surface area contributed by atoms with Gasteiger partial charge in [0.25, 0.3) is 0 Å². The molecule has 0 aromatic carbocycles. The second-order valence-corrected chi connectivity index (χ2v) is 14.6. The molecule has 0 amide bonds. The van der Waals surface area contributed by atoms with E-state index in [9.17, 15) is 14.7 Å². The zero-order valence-corrected chi connectivity index (χ0v) is 23.2. The minimum Gasteiger partial charge on any atom is -0.469 e. The van der Waals surface area contributed by atoms with Crippen LogP contribution < -0.4 is 0 Å². The number of ether oxygens (including phenoxy) is 1. The molecule has 0 bridgehead atoms. The maximum Gasteiger partial charge on any atom is 0.312 e. The summed E-state index contributed by atoms with van der Waals surface area (Å²) in [6.07, 6.45) is 8.78. The molecule has 0 heterocycles. The summed E-state index contributed by atoms with van der Waals surface area (Å²) < 4.78 is 5.47. The lowest BCUT2D eigenvalue weighted by atomic mass is 9.34. The van der Waals surface area contributed by atoms with E-state index in [1.54, 1.807) is 7.11 Å². The number of carbonyl (C=O) groups is 2. The van der Waals surface area contributed by atoms with E-state index < -0.39 is 6.10 Å². The molecule has 0 aliphatic heterocycles. The molecule has 0 radical (unpaired) electrons. The number of aliphatic hydroxyl groups excluding tert-OH is 1. The van der Waals surface area contributed by atoms with E-state index in [-0.39, 0.29) is 39.0 Å². The van der Waals surface area contributed by atoms with Crippen LogP contribution in [0.4, 0.5) is 0 Å². The molecule has 0 aromatic heterocycles. The summed E-state index contributed by atoms with van der Waals surface area (Å²) >= 11 is 0. The van der Waals surface area contributed by atoms with E-state index in [0.29, 0.717) is 29.6 Å². The lowest BCUT2D eigenvalue weighted by Crippen LogP contribution is -2.65. The Balaban J connectivity index is 1.60. The third-order valence-electron chi connectivity index (χ3n) is 13.7. The first kappa shape index (κ1) is 25.5. The SMILES string of the molecule is C=C(C)[C@@H]1CC[C@]2(C(=O)OC)CC[C@]3(C)[C@H](CC[C@@H]4[C@@]5(C)C(C=O)C(O)C(C)(C)[C@@H]5CC[C@]43C)[C@@H]12. The summed E-state index contributed by atoms with van der Waals surface area (Å²) in [6.45, 7) is 18.3. The summed E-state index contributed by atoms with van der Waals surface area (Å²) in [5.41, 5.74) is 0.579. The van der Waals surface area contributed by atoms with Crippen molar-refractivity contribution in [1.82, 2.24) is 0 Å². The Morgan fingerprint density at radius 1 is 0.943 bits per heavy atom. The summed E-state index contributed by atoms with van der Waals surface area (Å²) in [5, 5.41) is 11.3. The van der Waals surface area contributed by atoms with Gasteiger partial charge in [0.1, 0.15) is 6.29 Å². The fraction of sp³-hybridized carbons (Fsp3) is 0.871. The van der Waals surface area contributed by atoms with Gasteiger partial charge in [-0.15, -0.1) is 0 Å². The number of rotatable bonds is 3. The zero-order chi connectivity index (χ0) is 25.8. The predicted octanol–water partition coefficient (Wildman–Crippen LogP) is 6.21. The quantitative estimate of drug-likeness (QED) is 0.294. The molecule has 5 fully saturated rings. The number of hydrogen-bond acceptors (Lipinski definition) is 4. The molecule has 0 saturated heterocycles. The number of allylic oxidation sites excluding steroid dienone is 1. The van der Waals surface area contributed by atoms with Gasteiger partial charge in [-0.3, -0.25) is 4.79 Å². The largest absolute Gasteiger partial charge is 0.469 e. The Kier molecular flexibility index (Phi) is 5.59. The van der Waals surface area contributed by atoms with Crippen LogP contribution in [0.15, 0.2) is 12.2 Å². The first-order chi connectivity index (χ1) is 16.3. The van der Waals surface area contributed by atoms with Crippen molar-refractivity contribution in [2.24, 2.45) is 62.6 Å². The van der Waals surface area contributed by atoms with Gasteiger partial charge in [0.05, 0.1) is 18.6 Å². The van der Waals surface area contributed by atoms with E-state index in [4.69, 9.17) is 4.74 Å². The predicted molar refractivity (Wildman–Crippen MR) is 137 cm³/mol. The molecule has 5 saturated carbocycles. The minimum absolute atomic E-state index is 0.00192. The van der Waals surface area contributed by atoms with Gasteiger partial charge < -0.3 is 14.6 Å². The lowest BCUT2D eigenvalue weighted by molar-refractivity contribution is -0.226. The van der Waals surface area contributed by atoms with Crippen LogP contribution in [0.5, 0.6) is 0 Å². The molecule has 2 unspecified atom stereocenters. The van der Waals surface area contributed by atoms with Gasteiger partial charge in [-0.2, -0.15) is 0 Å². The minimum atomic E-state index is -0.580. The maximum absolute atomic E-state index is 13.4. The monoisotopic (exact) mass is 484 g/mol. The van der Waals surface area contributed by atoms with Gasteiger partial charge >= 0.3 is 5.97 Å². The van der Waals surface area contributed by atoms with E-state index in [0.717, 1.165) is 57.7 Å². The first-order valence-electron chi connectivity index (χ1n) is 14.1. The number of esters is 1. The summed E-state index contributed by atoms with van der Waals surface area (Å²) in [6, 6.07) is 0. The van der Waals surface area contributed by atoms with Crippen LogP contribution in [-0.2, 0) is 14.3 Å². The van der Waals surface area contributed by atoms with Gasteiger partial charge in [-0.25, -0.2) is 0 Å². The number of hydrogen-bond donors (Lipinski definition) is 1. The molecular formula is C31H48O4. The van der Waals surface area contributed by atoms with Crippen LogP contribution in [0.2, 0.25) is 0 Å². The van der Waals surface area contributed by atoms with E-state index in [1.807, 2.05) is 0 Å². The van der Waals surface area contributed by atoms with Gasteiger partial charge in [-0.05, 0) is 110 Å². The van der Waals surface area contributed by atoms with Crippen molar-refractivity contribution >= 4 is 12.3 Å². The van der Waals surface area contributed by atoms with Gasteiger partial charge in [0.2, 0.25) is 0 Å². The molecule has 196 valence electrons. The second-order valence-electron chi connectivity index (χ2n) is 14.6. The average Bonchev–Trinajstić information content (AvgIpc) is 3.26. The highest BCUT2D eigenvalue weighted by molar-refractivity contribution is 5.78. The van der Waals surface area contributed by atoms with Crippen molar-refractivity contribution in [3.8, 4) is 0 Å². The fourth-order valence-corrected chi connectivity index (χ4v) is 11.9. The lowest BCUT2D eigenvalue weighted by Gasteiger charge is -2.70. The molecule has 0 aromatic rings. The highest BCUT2D eigenvalue weighted by Gasteiger charge is 2.75. The van der Waals surface area contributed by atoms with Crippen molar-refractivity contribution in [2.75, 3.05) is 7.11 Å². The fourth-order valence-electron chi connectivity index (χ4n) is 11.9. The molecule has 5 rings (SSSR count). The van der Waals surface area contributed by atoms with Crippen LogP contribution in [0.1, 0.15) is 92.9 Å². The number of carbonyl (C=O) groups excluding carboxylic acids is 2.